The lowest BCUT2D eigenvalue weighted by Gasteiger charge is -2.15. The third kappa shape index (κ3) is 5.78. The van der Waals surface area contributed by atoms with Crippen molar-refractivity contribution in [2.45, 2.75) is 52.9 Å². The highest BCUT2D eigenvalue weighted by Gasteiger charge is 2.42. The van der Waals surface area contributed by atoms with Crippen LogP contribution in [0.1, 0.15) is 57.6 Å². The minimum atomic E-state index is -0.846. The van der Waals surface area contributed by atoms with Crippen molar-refractivity contribution < 1.29 is 19.5 Å². The lowest BCUT2D eigenvalue weighted by molar-refractivity contribution is -0.137. The zero-order valence-corrected chi connectivity index (χ0v) is 18.2. The Balaban J connectivity index is 0.000000269. The number of imide groups is 1. The lowest BCUT2D eigenvalue weighted by atomic mass is 9.99. The van der Waals surface area contributed by atoms with Gasteiger partial charge in [-0.1, -0.05) is 70.2 Å². The van der Waals surface area contributed by atoms with Crippen LogP contribution in [0, 0.1) is 11.8 Å². The first-order valence-corrected chi connectivity index (χ1v) is 10.5. The van der Waals surface area contributed by atoms with Gasteiger partial charge in [-0.2, -0.15) is 0 Å². The molecule has 0 aromatic heterocycles. The van der Waals surface area contributed by atoms with Gasteiger partial charge in [-0.05, 0) is 42.0 Å². The first-order chi connectivity index (χ1) is 14.3. The molecule has 5 nitrogen and oxygen atoms in total. The summed E-state index contributed by atoms with van der Waals surface area (Å²) in [5.74, 6) is -1.09. The summed E-state index contributed by atoms with van der Waals surface area (Å²) >= 11 is 0. The van der Waals surface area contributed by atoms with Crippen LogP contribution < -0.4 is 4.90 Å². The number of aryl methyl sites for hydroxylation is 1. The Morgan fingerprint density at radius 1 is 0.967 bits per heavy atom. The molecule has 1 aliphatic rings. The summed E-state index contributed by atoms with van der Waals surface area (Å²) in [7, 11) is 0. The van der Waals surface area contributed by atoms with Crippen LogP contribution in [0.4, 0.5) is 5.69 Å². The third-order valence-electron chi connectivity index (χ3n) is 5.77. The smallest absolute Gasteiger partial charge is 0.303 e. The summed E-state index contributed by atoms with van der Waals surface area (Å²) in [4.78, 5) is 35.8. The molecule has 160 valence electrons. The summed E-state index contributed by atoms with van der Waals surface area (Å²) < 4.78 is 0. The van der Waals surface area contributed by atoms with E-state index in [0.29, 0.717) is 18.0 Å². The maximum Gasteiger partial charge on any atom is 0.303 e. The van der Waals surface area contributed by atoms with Gasteiger partial charge in [0.25, 0.3) is 0 Å². The first-order valence-electron chi connectivity index (χ1n) is 10.5. The number of aliphatic carboxylic acids is 1. The third-order valence-corrected chi connectivity index (χ3v) is 5.77. The summed E-state index contributed by atoms with van der Waals surface area (Å²) in [6, 6.07) is 17.5. The molecule has 0 radical (unpaired) electrons. The molecule has 0 aliphatic carbocycles. The molecule has 1 aliphatic heterocycles. The minimum Gasteiger partial charge on any atom is -0.481 e. The highest BCUT2D eigenvalue weighted by atomic mass is 16.4. The summed E-state index contributed by atoms with van der Waals surface area (Å²) in [6.45, 7) is 7.99. The zero-order valence-electron chi connectivity index (χ0n) is 18.2. The Morgan fingerprint density at radius 2 is 1.50 bits per heavy atom. The number of hydrogen-bond donors (Lipinski definition) is 1. The molecule has 3 rings (SSSR count). The summed E-state index contributed by atoms with van der Waals surface area (Å²) in [6.07, 6.45) is 1.73. The quantitative estimate of drug-likeness (QED) is 0.678. The number of rotatable bonds is 6. The monoisotopic (exact) mass is 409 g/mol. The molecule has 1 saturated heterocycles. The largest absolute Gasteiger partial charge is 0.481 e. The molecule has 1 fully saturated rings. The van der Waals surface area contributed by atoms with Crippen LogP contribution >= 0.6 is 0 Å². The number of carbonyl (C=O) groups is 3. The van der Waals surface area contributed by atoms with Gasteiger partial charge in [-0.25, -0.2) is 0 Å². The van der Waals surface area contributed by atoms with Gasteiger partial charge in [0.05, 0.1) is 5.69 Å². The number of amides is 2. The molecule has 3 unspecified atom stereocenters. The van der Waals surface area contributed by atoms with Crippen LogP contribution in [0.25, 0.3) is 0 Å². The van der Waals surface area contributed by atoms with E-state index in [1.807, 2.05) is 0 Å². The Hall–Kier alpha value is -2.95. The van der Waals surface area contributed by atoms with E-state index in [1.54, 1.807) is 38.1 Å². The van der Waals surface area contributed by atoms with Crippen LogP contribution in [-0.4, -0.2) is 22.9 Å². The highest BCUT2D eigenvalue weighted by molar-refractivity contribution is 6.21. The van der Waals surface area contributed by atoms with E-state index in [4.69, 9.17) is 5.11 Å². The fourth-order valence-corrected chi connectivity index (χ4v) is 3.28. The minimum absolute atomic E-state index is 0.0645. The van der Waals surface area contributed by atoms with Crippen molar-refractivity contribution in [3.8, 4) is 0 Å². The van der Waals surface area contributed by atoms with Crippen LogP contribution in [0.2, 0.25) is 0 Å². The van der Waals surface area contributed by atoms with Gasteiger partial charge in [-0.3, -0.25) is 19.3 Å². The second-order valence-electron chi connectivity index (χ2n) is 7.87. The van der Waals surface area contributed by atoms with Gasteiger partial charge in [0.1, 0.15) is 0 Å². The van der Waals surface area contributed by atoms with Crippen molar-refractivity contribution >= 4 is 23.5 Å². The number of carboxylic acids is 1. The molecule has 1 N–H and O–H groups in total. The SMILES string of the molecule is CC1C(=O)N(c2ccc(CCC(=O)O)cc2)C(=O)C1C.CCC(C)c1ccccc1. The van der Waals surface area contributed by atoms with E-state index in [0.717, 1.165) is 5.56 Å². The van der Waals surface area contributed by atoms with Gasteiger partial charge in [0, 0.05) is 18.3 Å². The van der Waals surface area contributed by atoms with E-state index in [1.165, 1.54) is 16.9 Å². The molecule has 2 amide bonds. The van der Waals surface area contributed by atoms with Crippen molar-refractivity contribution in [2.75, 3.05) is 4.90 Å². The second kappa shape index (κ2) is 10.7. The maximum atomic E-state index is 12.1. The van der Waals surface area contributed by atoms with E-state index in [2.05, 4.69) is 44.2 Å². The van der Waals surface area contributed by atoms with E-state index < -0.39 is 5.97 Å². The molecule has 2 aromatic carbocycles. The van der Waals surface area contributed by atoms with Gasteiger partial charge in [0.15, 0.2) is 0 Å². The van der Waals surface area contributed by atoms with Crippen molar-refractivity contribution in [3.63, 3.8) is 0 Å². The molecule has 0 bridgehead atoms. The highest BCUT2D eigenvalue weighted by Crippen LogP contribution is 2.30. The number of hydrogen-bond acceptors (Lipinski definition) is 3. The van der Waals surface area contributed by atoms with E-state index >= 15 is 0 Å². The molecule has 30 heavy (non-hydrogen) atoms. The molecule has 0 spiro atoms. The Morgan fingerprint density at radius 3 is 1.97 bits per heavy atom. The predicted molar refractivity (Wildman–Crippen MR) is 118 cm³/mol. The lowest BCUT2D eigenvalue weighted by Crippen LogP contribution is -2.30. The standard InChI is InChI=1S/C15H17NO4.C10H14/c1-9-10(2)15(20)16(14(9)19)12-6-3-11(4-7-12)5-8-13(17)18;1-3-9(2)10-7-5-4-6-8-10/h3-4,6-7,9-10H,5,8H2,1-2H3,(H,17,18);4-9H,3H2,1-2H3. The number of carboxylic acid groups (broad SMARTS) is 1. The normalized spacial score (nSPS) is 19.3. The summed E-state index contributed by atoms with van der Waals surface area (Å²) in [5.41, 5.74) is 2.87. The average Bonchev–Trinajstić information content (AvgIpc) is 2.96. The Kier molecular flexibility index (Phi) is 8.34. The van der Waals surface area contributed by atoms with Crippen LogP contribution in [0.15, 0.2) is 54.6 Å². The summed E-state index contributed by atoms with van der Waals surface area (Å²) in [5, 5.41) is 8.63. The zero-order chi connectivity index (χ0) is 22.3. The van der Waals surface area contributed by atoms with Crippen LogP contribution in [-0.2, 0) is 20.8 Å². The molecular weight excluding hydrogens is 378 g/mol. The maximum absolute atomic E-state index is 12.1. The topological polar surface area (TPSA) is 74.7 Å². The van der Waals surface area contributed by atoms with E-state index in [9.17, 15) is 14.4 Å². The van der Waals surface area contributed by atoms with Crippen LogP contribution in [0.5, 0.6) is 0 Å². The Bertz CT molecular complexity index is 840. The number of benzene rings is 2. The van der Waals surface area contributed by atoms with Crippen molar-refractivity contribution in [3.05, 3.63) is 65.7 Å². The molecule has 5 heteroatoms. The predicted octanol–water partition coefficient (Wildman–Crippen LogP) is 5.05. The fraction of sp³-hybridized carbons (Fsp3) is 0.400. The number of nitrogens with zero attached hydrogens (tertiary/aromatic N) is 1. The first kappa shape index (κ1) is 23.3. The van der Waals surface area contributed by atoms with Crippen molar-refractivity contribution in [2.24, 2.45) is 11.8 Å². The van der Waals surface area contributed by atoms with Crippen molar-refractivity contribution in [1.82, 2.24) is 0 Å². The molecular formula is C25H31NO4. The van der Waals surface area contributed by atoms with Gasteiger partial charge >= 0.3 is 5.97 Å². The number of carbonyl (C=O) groups excluding carboxylic acids is 2. The van der Waals surface area contributed by atoms with Crippen LogP contribution in [0.3, 0.4) is 0 Å². The van der Waals surface area contributed by atoms with E-state index in [-0.39, 0.29) is 30.1 Å². The molecule has 0 saturated carbocycles. The molecule has 2 aromatic rings. The number of anilines is 1. The molecule has 3 atom stereocenters. The van der Waals surface area contributed by atoms with Gasteiger partial charge in [-0.15, -0.1) is 0 Å². The molecule has 1 heterocycles. The van der Waals surface area contributed by atoms with Gasteiger partial charge < -0.3 is 5.11 Å². The average molecular weight is 410 g/mol. The Labute approximate surface area is 178 Å². The van der Waals surface area contributed by atoms with Crippen molar-refractivity contribution in [1.29, 1.82) is 0 Å². The van der Waals surface area contributed by atoms with Gasteiger partial charge in [0.2, 0.25) is 11.8 Å². The second-order valence-corrected chi connectivity index (χ2v) is 7.87. The fourth-order valence-electron chi connectivity index (χ4n) is 3.28.